The molecular formula is C13H18N2O2. The van der Waals surface area contributed by atoms with Crippen LogP contribution in [0.5, 0.6) is 0 Å². The number of hydroxylamine groups is 2. The average Bonchev–Trinajstić information content (AvgIpc) is 2.63. The Hall–Kier alpha value is -1.42. The highest BCUT2D eigenvalue weighted by Gasteiger charge is 2.24. The Kier molecular flexibility index (Phi) is 3.43. The van der Waals surface area contributed by atoms with E-state index in [1.54, 1.807) is 0 Å². The molecule has 4 heteroatoms. The van der Waals surface area contributed by atoms with Crippen LogP contribution < -0.4 is 0 Å². The summed E-state index contributed by atoms with van der Waals surface area (Å²) < 4.78 is 0. The molecule has 0 spiro atoms. The van der Waals surface area contributed by atoms with Crippen LogP contribution in [-0.4, -0.2) is 29.1 Å². The van der Waals surface area contributed by atoms with Gasteiger partial charge in [0.1, 0.15) is 0 Å². The van der Waals surface area contributed by atoms with Crippen LogP contribution >= 0.6 is 0 Å². The molecule has 4 nitrogen and oxygen atoms in total. The van der Waals surface area contributed by atoms with E-state index >= 15 is 0 Å². The van der Waals surface area contributed by atoms with Crippen LogP contribution in [-0.2, 0) is 16.1 Å². The second kappa shape index (κ2) is 4.84. The van der Waals surface area contributed by atoms with Gasteiger partial charge in [-0.1, -0.05) is 6.92 Å². The molecule has 0 bridgehead atoms. The smallest absolute Gasteiger partial charge is 0.250 e. The summed E-state index contributed by atoms with van der Waals surface area (Å²) in [5.74, 6) is 0.458. The van der Waals surface area contributed by atoms with Gasteiger partial charge in [-0.05, 0) is 31.5 Å². The molecule has 0 saturated carbocycles. The van der Waals surface area contributed by atoms with Crippen molar-refractivity contribution in [1.82, 2.24) is 10.0 Å². The summed E-state index contributed by atoms with van der Waals surface area (Å²) in [7, 11) is 0. The minimum absolute atomic E-state index is 0.0272. The van der Waals surface area contributed by atoms with Gasteiger partial charge in [-0.15, -0.1) is 0 Å². The fourth-order valence-corrected chi connectivity index (χ4v) is 2.07. The first-order valence-electron chi connectivity index (χ1n) is 5.92. The van der Waals surface area contributed by atoms with Crippen molar-refractivity contribution in [3.8, 4) is 0 Å². The maximum absolute atomic E-state index is 12.0. The maximum atomic E-state index is 12.0. The predicted molar refractivity (Wildman–Crippen MR) is 64.2 cm³/mol. The highest BCUT2D eigenvalue weighted by molar-refractivity contribution is 5.78. The van der Waals surface area contributed by atoms with Crippen LogP contribution in [0.15, 0.2) is 12.1 Å². The molecule has 2 rings (SSSR count). The Labute approximate surface area is 102 Å². The Bertz CT molecular complexity index is 411. The second-order valence-corrected chi connectivity index (χ2v) is 4.79. The number of rotatable bonds is 2. The van der Waals surface area contributed by atoms with Crippen molar-refractivity contribution in [3.63, 3.8) is 0 Å². The van der Waals surface area contributed by atoms with Crippen LogP contribution in [0.4, 0.5) is 0 Å². The van der Waals surface area contributed by atoms with Gasteiger partial charge in [0.05, 0.1) is 19.6 Å². The number of carbonyl (C=O) groups excluding carboxylic acids is 1. The molecule has 92 valence electrons. The van der Waals surface area contributed by atoms with Crippen molar-refractivity contribution in [2.24, 2.45) is 5.92 Å². The molecule has 1 saturated heterocycles. The minimum Gasteiger partial charge on any atom is -0.272 e. The lowest BCUT2D eigenvalue weighted by molar-refractivity contribution is -0.167. The molecular weight excluding hydrogens is 216 g/mol. The predicted octanol–water partition coefficient (Wildman–Crippen LogP) is 1.65. The summed E-state index contributed by atoms with van der Waals surface area (Å²) in [6, 6.07) is 3.90. The average molecular weight is 234 g/mol. The number of nitrogens with zero attached hydrogens (tertiary/aromatic N) is 2. The Morgan fingerprint density at radius 3 is 2.65 bits per heavy atom. The van der Waals surface area contributed by atoms with Gasteiger partial charge < -0.3 is 0 Å². The van der Waals surface area contributed by atoms with Gasteiger partial charge in [-0.25, -0.2) is 5.06 Å². The molecule has 1 aliphatic heterocycles. The summed E-state index contributed by atoms with van der Waals surface area (Å²) in [6.45, 7) is 7.29. The van der Waals surface area contributed by atoms with Gasteiger partial charge in [0, 0.05) is 17.3 Å². The standard InChI is InChI=1S/C13H18N2O2/c1-9-7-15(17-8-9)13(16)6-12-4-10(2)14-11(3)5-12/h4-5,9H,6-8H2,1-3H3. The molecule has 2 heterocycles. The molecule has 0 N–H and O–H groups in total. The zero-order valence-electron chi connectivity index (χ0n) is 10.6. The van der Waals surface area contributed by atoms with E-state index in [1.165, 1.54) is 5.06 Å². The van der Waals surface area contributed by atoms with E-state index in [0.29, 0.717) is 25.5 Å². The SMILES string of the molecule is Cc1cc(CC(=O)N2CC(C)CO2)cc(C)n1. The fourth-order valence-electron chi connectivity index (χ4n) is 2.07. The lowest BCUT2D eigenvalue weighted by Gasteiger charge is -2.14. The van der Waals surface area contributed by atoms with Crippen LogP contribution in [0.3, 0.4) is 0 Å². The number of pyridine rings is 1. The van der Waals surface area contributed by atoms with E-state index in [9.17, 15) is 4.79 Å². The first kappa shape index (κ1) is 12.0. The van der Waals surface area contributed by atoms with Gasteiger partial charge in [-0.3, -0.25) is 14.6 Å². The number of aryl methyl sites for hydroxylation is 2. The van der Waals surface area contributed by atoms with Gasteiger partial charge in [0.15, 0.2) is 0 Å². The summed E-state index contributed by atoms with van der Waals surface area (Å²) in [4.78, 5) is 21.6. The molecule has 0 aromatic carbocycles. The molecule has 1 unspecified atom stereocenters. The largest absolute Gasteiger partial charge is 0.272 e. The number of hydrogen-bond donors (Lipinski definition) is 0. The van der Waals surface area contributed by atoms with Crippen LogP contribution in [0, 0.1) is 19.8 Å². The van der Waals surface area contributed by atoms with Crippen molar-refractivity contribution in [2.75, 3.05) is 13.2 Å². The van der Waals surface area contributed by atoms with E-state index < -0.39 is 0 Å². The molecule has 0 radical (unpaired) electrons. The van der Waals surface area contributed by atoms with Crippen LogP contribution in [0.1, 0.15) is 23.9 Å². The Morgan fingerprint density at radius 2 is 2.12 bits per heavy atom. The van der Waals surface area contributed by atoms with Crippen molar-refractivity contribution in [1.29, 1.82) is 0 Å². The van der Waals surface area contributed by atoms with Crippen LogP contribution in [0.25, 0.3) is 0 Å². The van der Waals surface area contributed by atoms with Gasteiger partial charge in [-0.2, -0.15) is 0 Å². The quantitative estimate of drug-likeness (QED) is 0.781. The molecule has 1 amide bonds. The summed E-state index contributed by atoms with van der Waals surface area (Å²) in [5.41, 5.74) is 2.90. The molecule has 1 aliphatic rings. The van der Waals surface area contributed by atoms with E-state index in [4.69, 9.17) is 4.84 Å². The Morgan fingerprint density at radius 1 is 1.47 bits per heavy atom. The normalized spacial score (nSPS) is 19.7. The van der Waals surface area contributed by atoms with E-state index in [-0.39, 0.29) is 5.91 Å². The van der Waals surface area contributed by atoms with Gasteiger partial charge in [0.25, 0.3) is 5.91 Å². The third-order valence-corrected chi connectivity index (χ3v) is 2.77. The monoisotopic (exact) mass is 234 g/mol. The number of hydrogen-bond acceptors (Lipinski definition) is 3. The molecule has 1 atom stereocenters. The topological polar surface area (TPSA) is 42.4 Å². The molecule has 1 aromatic rings. The van der Waals surface area contributed by atoms with Crippen LogP contribution in [0.2, 0.25) is 0 Å². The van der Waals surface area contributed by atoms with Crippen molar-refractivity contribution in [3.05, 3.63) is 29.1 Å². The number of aromatic nitrogens is 1. The third kappa shape index (κ3) is 3.03. The zero-order chi connectivity index (χ0) is 12.4. The second-order valence-electron chi connectivity index (χ2n) is 4.79. The van der Waals surface area contributed by atoms with Gasteiger partial charge in [0.2, 0.25) is 0 Å². The lowest BCUT2D eigenvalue weighted by Crippen LogP contribution is -2.28. The molecule has 0 aliphatic carbocycles. The van der Waals surface area contributed by atoms with Crippen molar-refractivity contribution >= 4 is 5.91 Å². The summed E-state index contributed by atoms with van der Waals surface area (Å²) >= 11 is 0. The van der Waals surface area contributed by atoms with E-state index in [2.05, 4.69) is 11.9 Å². The fraction of sp³-hybridized carbons (Fsp3) is 0.538. The van der Waals surface area contributed by atoms with Crippen molar-refractivity contribution in [2.45, 2.75) is 27.2 Å². The third-order valence-electron chi connectivity index (χ3n) is 2.77. The summed E-state index contributed by atoms with van der Waals surface area (Å²) in [6.07, 6.45) is 0.386. The number of carbonyl (C=O) groups is 1. The van der Waals surface area contributed by atoms with Gasteiger partial charge >= 0.3 is 0 Å². The minimum atomic E-state index is 0.0272. The van der Waals surface area contributed by atoms with E-state index in [1.807, 2.05) is 26.0 Å². The lowest BCUT2D eigenvalue weighted by atomic mass is 10.1. The molecule has 17 heavy (non-hydrogen) atoms. The molecule has 1 fully saturated rings. The highest BCUT2D eigenvalue weighted by Crippen LogP contribution is 2.14. The first-order valence-corrected chi connectivity index (χ1v) is 5.92. The number of amides is 1. The first-order chi connectivity index (χ1) is 8.04. The maximum Gasteiger partial charge on any atom is 0.250 e. The molecule has 1 aromatic heterocycles. The highest BCUT2D eigenvalue weighted by atomic mass is 16.7. The zero-order valence-corrected chi connectivity index (χ0v) is 10.6. The summed E-state index contributed by atoms with van der Waals surface area (Å²) in [5, 5.41) is 1.48. The van der Waals surface area contributed by atoms with E-state index in [0.717, 1.165) is 17.0 Å². The van der Waals surface area contributed by atoms with Crippen molar-refractivity contribution < 1.29 is 9.63 Å². The Balaban J connectivity index is 2.03.